The number of benzene rings is 1. The lowest BCUT2D eigenvalue weighted by atomic mass is 9.82. The SMILES string of the molecule is COc1cccc2c1[C@@H]1CO[C@@H]3[C@H]4C[C@@H](C(=O)O)[C@H]([C@@H](C2)N31)N4C. The quantitative estimate of drug-likeness (QED) is 0.876. The normalized spacial score (nSPS) is 40.2. The van der Waals surface area contributed by atoms with Crippen LogP contribution in [0.15, 0.2) is 18.2 Å². The zero-order valence-electron chi connectivity index (χ0n) is 13.9. The van der Waals surface area contributed by atoms with Crippen LogP contribution in [0.3, 0.4) is 0 Å². The molecule has 1 aromatic rings. The van der Waals surface area contributed by atoms with E-state index in [2.05, 4.69) is 22.9 Å². The molecule has 6 atom stereocenters. The number of ether oxygens (including phenoxy) is 2. The van der Waals surface area contributed by atoms with Crippen molar-refractivity contribution >= 4 is 5.97 Å². The molecule has 0 unspecified atom stereocenters. The van der Waals surface area contributed by atoms with E-state index in [1.807, 2.05) is 12.1 Å². The Morgan fingerprint density at radius 1 is 1.38 bits per heavy atom. The average molecular weight is 330 g/mol. The molecule has 3 fully saturated rings. The third-order valence-electron chi connectivity index (χ3n) is 6.54. The van der Waals surface area contributed by atoms with Gasteiger partial charge in [0, 0.05) is 17.6 Å². The van der Waals surface area contributed by atoms with E-state index in [0.29, 0.717) is 13.0 Å². The van der Waals surface area contributed by atoms with E-state index < -0.39 is 5.97 Å². The highest BCUT2D eigenvalue weighted by atomic mass is 16.5. The first-order valence-electron chi connectivity index (χ1n) is 8.61. The maximum Gasteiger partial charge on any atom is 0.308 e. The van der Waals surface area contributed by atoms with Crippen molar-refractivity contribution in [2.75, 3.05) is 20.8 Å². The van der Waals surface area contributed by atoms with Crippen molar-refractivity contribution in [2.45, 2.75) is 43.2 Å². The first-order valence-corrected chi connectivity index (χ1v) is 8.61. The Labute approximate surface area is 140 Å². The number of methoxy groups -OCH3 is 1. The lowest BCUT2D eigenvalue weighted by Crippen LogP contribution is -2.64. The van der Waals surface area contributed by atoms with Gasteiger partial charge in [-0.3, -0.25) is 14.6 Å². The Bertz CT molecular complexity index is 708. The zero-order chi connectivity index (χ0) is 16.6. The third-order valence-corrected chi connectivity index (χ3v) is 6.54. The molecule has 1 N–H and O–H groups in total. The molecule has 0 aromatic heterocycles. The fourth-order valence-corrected chi connectivity index (χ4v) is 5.63. The number of carbonyl (C=O) groups is 1. The van der Waals surface area contributed by atoms with Crippen LogP contribution in [-0.4, -0.2) is 66.0 Å². The predicted octanol–water partition coefficient (Wildman–Crippen LogP) is 1.11. The van der Waals surface area contributed by atoms with E-state index in [9.17, 15) is 9.90 Å². The van der Waals surface area contributed by atoms with Crippen LogP contribution >= 0.6 is 0 Å². The van der Waals surface area contributed by atoms with E-state index in [4.69, 9.17) is 9.47 Å². The van der Waals surface area contributed by atoms with Crippen molar-refractivity contribution in [3.63, 3.8) is 0 Å². The molecule has 0 radical (unpaired) electrons. The molecule has 6 nitrogen and oxygen atoms in total. The van der Waals surface area contributed by atoms with Crippen LogP contribution in [0.25, 0.3) is 0 Å². The second-order valence-corrected chi connectivity index (χ2v) is 7.40. The molecular weight excluding hydrogens is 308 g/mol. The van der Waals surface area contributed by atoms with Crippen molar-refractivity contribution in [1.29, 1.82) is 0 Å². The minimum Gasteiger partial charge on any atom is -0.496 e. The summed E-state index contributed by atoms with van der Waals surface area (Å²) >= 11 is 0. The van der Waals surface area contributed by atoms with Gasteiger partial charge in [0.15, 0.2) is 0 Å². The highest BCUT2D eigenvalue weighted by Crippen LogP contribution is 2.52. The molecule has 24 heavy (non-hydrogen) atoms. The van der Waals surface area contributed by atoms with Gasteiger partial charge in [-0.05, 0) is 31.5 Å². The average Bonchev–Trinajstić information content (AvgIpc) is 3.10. The van der Waals surface area contributed by atoms with Crippen LogP contribution in [-0.2, 0) is 16.0 Å². The summed E-state index contributed by atoms with van der Waals surface area (Å²) in [4.78, 5) is 16.5. The minimum atomic E-state index is -0.677. The maximum absolute atomic E-state index is 11.8. The van der Waals surface area contributed by atoms with Crippen LogP contribution in [0, 0.1) is 5.92 Å². The molecule has 1 aromatic carbocycles. The fourth-order valence-electron chi connectivity index (χ4n) is 5.63. The van der Waals surface area contributed by atoms with Gasteiger partial charge in [-0.1, -0.05) is 12.1 Å². The molecule has 0 saturated carbocycles. The fraction of sp³-hybridized carbons (Fsp3) is 0.611. The standard InChI is InChI=1S/C18H22N2O4/c1-19-12-7-10(18(21)22)16(19)11-6-9-4-3-5-14(23-2)15(9)13-8-24-17(12)20(11)13/h3-5,10-13,16-17H,6-8H2,1-2H3,(H,21,22)/t10-,11-,12-,13+,16-,17-/m1/s1. The van der Waals surface area contributed by atoms with Gasteiger partial charge in [0.1, 0.15) is 12.0 Å². The van der Waals surface area contributed by atoms with Crippen LogP contribution in [0.5, 0.6) is 5.75 Å². The van der Waals surface area contributed by atoms with E-state index >= 15 is 0 Å². The number of nitrogens with zero attached hydrogens (tertiary/aromatic N) is 2. The number of aliphatic carboxylic acids is 1. The third kappa shape index (κ3) is 1.68. The number of hydrogen-bond donors (Lipinski definition) is 1. The second-order valence-electron chi connectivity index (χ2n) is 7.40. The van der Waals surface area contributed by atoms with Crippen LogP contribution in [0.2, 0.25) is 0 Å². The molecule has 0 spiro atoms. The number of rotatable bonds is 2. The summed E-state index contributed by atoms with van der Waals surface area (Å²) in [7, 11) is 3.77. The van der Waals surface area contributed by atoms with E-state index in [0.717, 1.165) is 12.2 Å². The van der Waals surface area contributed by atoms with Crippen LogP contribution in [0.4, 0.5) is 0 Å². The van der Waals surface area contributed by atoms with Gasteiger partial charge in [0.05, 0.1) is 31.7 Å². The highest BCUT2D eigenvalue weighted by Gasteiger charge is 2.62. The van der Waals surface area contributed by atoms with Gasteiger partial charge in [-0.2, -0.15) is 0 Å². The summed E-state index contributed by atoms with van der Waals surface area (Å²) in [5, 5.41) is 9.71. The first kappa shape index (κ1) is 14.7. The smallest absolute Gasteiger partial charge is 0.308 e. The summed E-state index contributed by atoms with van der Waals surface area (Å²) in [6.07, 6.45) is 1.52. The van der Waals surface area contributed by atoms with Gasteiger partial charge < -0.3 is 14.6 Å². The minimum absolute atomic E-state index is 0.0105. The largest absolute Gasteiger partial charge is 0.496 e. The molecule has 0 amide bonds. The van der Waals surface area contributed by atoms with Crippen molar-refractivity contribution in [3.8, 4) is 5.75 Å². The molecule has 6 heteroatoms. The summed E-state index contributed by atoms with van der Waals surface area (Å²) in [6, 6.07) is 6.76. The molecule has 2 bridgehead atoms. The Morgan fingerprint density at radius 2 is 2.21 bits per heavy atom. The summed E-state index contributed by atoms with van der Waals surface area (Å²) in [5.74, 6) is -0.0724. The van der Waals surface area contributed by atoms with Crippen molar-refractivity contribution in [1.82, 2.24) is 9.80 Å². The van der Waals surface area contributed by atoms with Gasteiger partial charge in [-0.15, -0.1) is 0 Å². The molecule has 5 rings (SSSR count). The van der Waals surface area contributed by atoms with Crippen LogP contribution < -0.4 is 4.74 Å². The van der Waals surface area contributed by atoms with Gasteiger partial charge in [0.25, 0.3) is 0 Å². The number of piperazine rings is 1. The number of fused-ring (bicyclic) bond motifs is 6. The van der Waals surface area contributed by atoms with Gasteiger partial charge >= 0.3 is 5.97 Å². The number of hydrogen-bond acceptors (Lipinski definition) is 5. The Morgan fingerprint density at radius 3 is 2.96 bits per heavy atom. The van der Waals surface area contributed by atoms with Crippen LogP contribution in [0.1, 0.15) is 23.6 Å². The first-order chi connectivity index (χ1) is 11.6. The van der Waals surface area contributed by atoms with Crippen molar-refractivity contribution < 1.29 is 19.4 Å². The maximum atomic E-state index is 11.8. The van der Waals surface area contributed by atoms with Gasteiger partial charge in [0.2, 0.25) is 0 Å². The van der Waals surface area contributed by atoms with E-state index in [-0.39, 0.29) is 36.3 Å². The molecule has 4 heterocycles. The summed E-state index contributed by atoms with van der Waals surface area (Å²) < 4.78 is 11.8. The zero-order valence-corrected chi connectivity index (χ0v) is 13.9. The van der Waals surface area contributed by atoms with Crippen molar-refractivity contribution in [3.05, 3.63) is 29.3 Å². The summed E-state index contributed by atoms with van der Waals surface area (Å²) in [5.41, 5.74) is 2.50. The Hall–Kier alpha value is -1.63. The molecule has 0 aliphatic carbocycles. The molecule has 4 aliphatic heterocycles. The monoisotopic (exact) mass is 330 g/mol. The number of likely N-dealkylation sites (N-methyl/N-ethyl adjacent to an activating group) is 1. The Kier molecular flexibility index (Phi) is 3.02. The highest BCUT2D eigenvalue weighted by molar-refractivity contribution is 5.72. The van der Waals surface area contributed by atoms with Gasteiger partial charge in [-0.25, -0.2) is 0 Å². The number of carboxylic acids is 1. The second kappa shape index (κ2) is 4.94. The number of carboxylic acid groups (broad SMARTS) is 1. The van der Waals surface area contributed by atoms with E-state index in [1.165, 1.54) is 11.1 Å². The topological polar surface area (TPSA) is 62.2 Å². The summed E-state index contributed by atoms with van der Waals surface area (Å²) in [6.45, 7) is 0.656. The molecular formula is C18H22N2O4. The predicted molar refractivity (Wildman–Crippen MR) is 85.9 cm³/mol. The lowest BCUT2D eigenvalue weighted by Gasteiger charge is -2.51. The van der Waals surface area contributed by atoms with E-state index in [1.54, 1.807) is 7.11 Å². The Balaban J connectivity index is 1.64. The molecule has 3 saturated heterocycles. The van der Waals surface area contributed by atoms with Crippen molar-refractivity contribution in [2.24, 2.45) is 5.92 Å². The lowest BCUT2D eigenvalue weighted by molar-refractivity contribution is -0.144. The molecule has 4 aliphatic rings. The molecule has 128 valence electrons.